The number of halogens is 1. The van der Waals surface area contributed by atoms with E-state index in [1.165, 1.54) is 0 Å². The van der Waals surface area contributed by atoms with Gasteiger partial charge in [-0.15, -0.1) is 0 Å². The molecule has 0 aromatic heterocycles. The van der Waals surface area contributed by atoms with Crippen molar-refractivity contribution >= 4 is 31.6 Å². The van der Waals surface area contributed by atoms with E-state index >= 15 is 0 Å². The summed E-state index contributed by atoms with van der Waals surface area (Å²) >= 11 is 3.24. The van der Waals surface area contributed by atoms with Crippen LogP contribution in [0.4, 0.5) is 0 Å². The Bertz CT molecular complexity index is 522. The van der Waals surface area contributed by atoms with Crippen molar-refractivity contribution in [2.75, 3.05) is 18.6 Å². The van der Waals surface area contributed by atoms with Gasteiger partial charge in [-0.3, -0.25) is 4.79 Å². The van der Waals surface area contributed by atoms with Crippen molar-refractivity contribution in [1.29, 1.82) is 0 Å². The lowest BCUT2D eigenvalue weighted by atomic mass is 10.1. The summed E-state index contributed by atoms with van der Waals surface area (Å²) in [5.41, 5.74) is 0.284. The van der Waals surface area contributed by atoms with E-state index in [0.717, 1.165) is 6.26 Å². The minimum Gasteiger partial charge on any atom is -0.493 e. The van der Waals surface area contributed by atoms with Crippen LogP contribution in [0.25, 0.3) is 0 Å². The number of ether oxygens (including phenoxy) is 1. The summed E-state index contributed by atoms with van der Waals surface area (Å²) < 4.78 is 28.2. The molecule has 4 nitrogen and oxygen atoms in total. The van der Waals surface area contributed by atoms with Crippen LogP contribution in [0.2, 0.25) is 0 Å². The number of benzene rings is 1. The zero-order chi connectivity index (χ0) is 13.1. The smallest absolute Gasteiger partial charge is 0.181 e. The van der Waals surface area contributed by atoms with Crippen LogP contribution >= 0.6 is 15.9 Å². The van der Waals surface area contributed by atoms with Crippen molar-refractivity contribution in [1.82, 2.24) is 0 Å². The Hall–Kier alpha value is -0.880. The average molecular weight is 321 g/mol. The lowest BCUT2D eigenvalue weighted by Gasteiger charge is -2.09. The van der Waals surface area contributed by atoms with Gasteiger partial charge in [-0.2, -0.15) is 0 Å². The highest BCUT2D eigenvalue weighted by atomic mass is 79.9. The minimum absolute atomic E-state index is 0.284. The number of carbonyl (C=O) groups is 1. The first-order valence-corrected chi connectivity index (χ1v) is 7.82. The molecule has 0 unspecified atom stereocenters. The van der Waals surface area contributed by atoms with Crippen LogP contribution in [-0.2, 0) is 9.84 Å². The summed E-state index contributed by atoms with van der Waals surface area (Å²) in [4.78, 5) is 11.8. The first kappa shape index (κ1) is 14.2. The molecule has 0 spiro atoms. The fourth-order valence-electron chi connectivity index (χ4n) is 1.32. The average Bonchev–Trinajstić information content (AvgIpc) is 2.18. The summed E-state index contributed by atoms with van der Waals surface area (Å²) in [5, 5.41) is 0. The fourth-order valence-corrected chi connectivity index (χ4v) is 2.31. The standard InChI is InChI=1S/C11H13BrO4S/c1-3-16-11-5-4-8(12)6-9(11)10(13)7-17(2,14)15/h4-6H,3,7H2,1-2H3. The molecular weight excluding hydrogens is 308 g/mol. The molecule has 0 fully saturated rings. The Balaban J connectivity index is 3.10. The molecule has 0 atom stereocenters. The van der Waals surface area contributed by atoms with Crippen molar-refractivity contribution in [3.63, 3.8) is 0 Å². The summed E-state index contributed by atoms with van der Waals surface area (Å²) in [5.74, 6) is -0.564. The molecule has 6 heteroatoms. The molecule has 0 aliphatic carbocycles. The van der Waals surface area contributed by atoms with Crippen LogP contribution in [0.5, 0.6) is 5.75 Å². The van der Waals surface area contributed by atoms with Crippen molar-refractivity contribution < 1.29 is 17.9 Å². The lowest BCUT2D eigenvalue weighted by molar-refractivity contribution is 0.101. The normalized spacial score (nSPS) is 11.2. The molecule has 0 aliphatic rings. The Labute approximate surface area is 109 Å². The number of carbonyl (C=O) groups excluding carboxylic acids is 1. The monoisotopic (exact) mass is 320 g/mol. The Morgan fingerprint density at radius 2 is 2.06 bits per heavy atom. The van der Waals surface area contributed by atoms with E-state index in [2.05, 4.69) is 15.9 Å². The van der Waals surface area contributed by atoms with Gasteiger partial charge in [-0.1, -0.05) is 15.9 Å². The zero-order valence-electron chi connectivity index (χ0n) is 9.57. The fraction of sp³-hybridized carbons (Fsp3) is 0.364. The zero-order valence-corrected chi connectivity index (χ0v) is 12.0. The molecule has 1 aromatic rings. The first-order valence-electron chi connectivity index (χ1n) is 4.96. The van der Waals surface area contributed by atoms with Gasteiger partial charge in [0.15, 0.2) is 15.6 Å². The number of sulfone groups is 1. The van der Waals surface area contributed by atoms with E-state index in [1.807, 2.05) is 0 Å². The Morgan fingerprint density at radius 1 is 1.41 bits per heavy atom. The molecule has 17 heavy (non-hydrogen) atoms. The minimum atomic E-state index is -3.34. The van der Waals surface area contributed by atoms with Crippen LogP contribution in [0.1, 0.15) is 17.3 Å². The highest BCUT2D eigenvalue weighted by molar-refractivity contribution is 9.10. The van der Waals surface area contributed by atoms with Gasteiger partial charge in [0.25, 0.3) is 0 Å². The molecule has 0 aliphatic heterocycles. The molecule has 0 saturated carbocycles. The van der Waals surface area contributed by atoms with Crippen molar-refractivity contribution in [2.45, 2.75) is 6.92 Å². The van der Waals surface area contributed by atoms with Gasteiger partial charge in [0, 0.05) is 10.7 Å². The summed E-state index contributed by atoms with van der Waals surface area (Å²) in [6.07, 6.45) is 1.03. The lowest BCUT2D eigenvalue weighted by Crippen LogP contribution is -2.15. The van der Waals surface area contributed by atoms with Crippen LogP contribution in [0, 0.1) is 0 Å². The number of hydrogen-bond acceptors (Lipinski definition) is 4. The third kappa shape index (κ3) is 4.47. The van der Waals surface area contributed by atoms with Crippen LogP contribution in [-0.4, -0.2) is 32.8 Å². The van der Waals surface area contributed by atoms with E-state index in [0.29, 0.717) is 16.8 Å². The summed E-state index contributed by atoms with van der Waals surface area (Å²) in [6.45, 7) is 2.22. The number of ketones is 1. The Morgan fingerprint density at radius 3 is 2.59 bits per heavy atom. The largest absolute Gasteiger partial charge is 0.493 e. The maximum atomic E-state index is 11.8. The van der Waals surface area contributed by atoms with E-state index in [4.69, 9.17) is 4.74 Å². The van der Waals surface area contributed by atoms with E-state index in [-0.39, 0.29) is 5.56 Å². The van der Waals surface area contributed by atoms with E-state index in [1.54, 1.807) is 25.1 Å². The molecule has 0 bridgehead atoms. The second-order valence-electron chi connectivity index (χ2n) is 3.57. The number of Topliss-reactive ketones (excluding diaryl/α,β-unsaturated/α-hetero) is 1. The van der Waals surface area contributed by atoms with E-state index in [9.17, 15) is 13.2 Å². The van der Waals surface area contributed by atoms with Crippen LogP contribution in [0.15, 0.2) is 22.7 Å². The van der Waals surface area contributed by atoms with Gasteiger partial charge < -0.3 is 4.74 Å². The molecule has 1 aromatic carbocycles. The highest BCUT2D eigenvalue weighted by Gasteiger charge is 2.17. The van der Waals surface area contributed by atoms with Gasteiger partial charge >= 0.3 is 0 Å². The third-order valence-electron chi connectivity index (χ3n) is 1.94. The first-order chi connectivity index (χ1) is 7.83. The van der Waals surface area contributed by atoms with Crippen molar-refractivity contribution in [3.05, 3.63) is 28.2 Å². The Kier molecular flexibility index (Phi) is 4.70. The number of hydrogen-bond donors (Lipinski definition) is 0. The molecule has 0 radical (unpaired) electrons. The SMILES string of the molecule is CCOc1ccc(Br)cc1C(=O)CS(C)(=O)=O. The molecule has 0 N–H and O–H groups in total. The second-order valence-corrected chi connectivity index (χ2v) is 6.62. The predicted octanol–water partition coefficient (Wildman–Crippen LogP) is 2.08. The van der Waals surface area contributed by atoms with Gasteiger partial charge in [-0.25, -0.2) is 8.42 Å². The van der Waals surface area contributed by atoms with Crippen molar-refractivity contribution in [3.8, 4) is 5.75 Å². The van der Waals surface area contributed by atoms with E-state index < -0.39 is 21.4 Å². The highest BCUT2D eigenvalue weighted by Crippen LogP contribution is 2.24. The molecular formula is C11H13BrO4S. The predicted molar refractivity (Wildman–Crippen MR) is 69.4 cm³/mol. The summed E-state index contributed by atoms with van der Waals surface area (Å²) in [7, 11) is -3.34. The maximum absolute atomic E-state index is 11.8. The van der Waals surface area contributed by atoms with Gasteiger partial charge in [0.05, 0.1) is 12.2 Å². The quantitative estimate of drug-likeness (QED) is 0.779. The molecule has 0 heterocycles. The summed E-state index contributed by atoms with van der Waals surface area (Å²) in [6, 6.07) is 4.95. The van der Waals surface area contributed by atoms with Crippen LogP contribution in [0.3, 0.4) is 0 Å². The maximum Gasteiger partial charge on any atom is 0.181 e. The van der Waals surface area contributed by atoms with Crippen LogP contribution < -0.4 is 4.74 Å². The van der Waals surface area contributed by atoms with Gasteiger partial charge in [0.2, 0.25) is 0 Å². The number of rotatable bonds is 5. The second kappa shape index (κ2) is 5.64. The molecule has 0 saturated heterocycles. The molecule has 0 amide bonds. The van der Waals surface area contributed by atoms with Gasteiger partial charge in [0.1, 0.15) is 11.5 Å². The topological polar surface area (TPSA) is 60.4 Å². The van der Waals surface area contributed by atoms with Gasteiger partial charge in [-0.05, 0) is 25.1 Å². The van der Waals surface area contributed by atoms with Crippen molar-refractivity contribution in [2.24, 2.45) is 0 Å². The molecule has 1 rings (SSSR count). The third-order valence-corrected chi connectivity index (χ3v) is 3.21. The molecule has 94 valence electrons.